The first-order valence-corrected chi connectivity index (χ1v) is 7.49. The maximum atomic E-state index is 11.1. The highest BCUT2D eigenvalue weighted by atomic mass is 16.1. The topological polar surface area (TPSA) is 96.2 Å². The van der Waals surface area contributed by atoms with Crippen LogP contribution in [0.3, 0.4) is 0 Å². The number of hydrogen-bond donors (Lipinski definition) is 3. The van der Waals surface area contributed by atoms with Crippen LogP contribution in [0.15, 0.2) is 6.07 Å². The summed E-state index contributed by atoms with van der Waals surface area (Å²) < 4.78 is 0. The van der Waals surface area contributed by atoms with Gasteiger partial charge in [-0.2, -0.15) is 9.97 Å². The Morgan fingerprint density at radius 3 is 2.76 bits per heavy atom. The predicted octanol–water partition coefficient (Wildman–Crippen LogP) is 0.986. The highest BCUT2D eigenvalue weighted by molar-refractivity contribution is 5.73. The number of nitrogens with zero attached hydrogens (tertiary/aromatic N) is 3. The molecule has 0 bridgehead atoms. The van der Waals surface area contributed by atoms with Crippen LogP contribution in [0.2, 0.25) is 0 Å². The number of rotatable bonds is 5. The van der Waals surface area contributed by atoms with Crippen molar-refractivity contribution in [3.8, 4) is 0 Å². The van der Waals surface area contributed by atoms with Gasteiger partial charge in [0.25, 0.3) is 0 Å². The molecule has 1 aliphatic heterocycles. The van der Waals surface area contributed by atoms with E-state index in [1.165, 1.54) is 0 Å². The molecule has 7 nitrogen and oxygen atoms in total. The van der Waals surface area contributed by atoms with Crippen molar-refractivity contribution in [1.29, 1.82) is 0 Å². The molecule has 0 unspecified atom stereocenters. The molecule has 1 aromatic heterocycles. The van der Waals surface area contributed by atoms with Gasteiger partial charge in [-0.1, -0.05) is 6.92 Å². The minimum Gasteiger partial charge on any atom is -0.370 e. The summed E-state index contributed by atoms with van der Waals surface area (Å²) in [5.74, 6) is 1.94. The van der Waals surface area contributed by atoms with Gasteiger partial charge in [0, 0.05) is 38.7 Å². The Labute approximate surface area is 125 Å². The third kappa shape index (κ3) is 4.47. The fourth-order valence-electron chi connectivity index (χ4n) is 2.50. The van der Waals surface area contributed by atoms with Crippen molar-refractivity contribution in [3.63, 3.8) is 0 Å². The Hall–Kier alpha value is -2.05. The maximum Gasteiger partial charge on any atom is 0.223 e. The fraction of sp³-hybridized carbons (Fsp3) is 0.643. The molecule has 0 spiro atoms. The third-order valence-corrected chi connectivity index (χ3v) is 3.51. The van der Waals surface area contributed by atoms with E-state index in [0.29, 0.717) is 0 Å². The van der Waals surface area contributed by atoms with Gasteiger partial charge in [-0.3, -0.25) is 4.79 Å². The Morgan fingerprint density at radius 2 is 2.14 bits per heavy atom. The number of nitrogens with two attached hydrogens (primary N) is 1. The summed E-state index contributed by atoms with van der Waals surface area (Å²) in [6, 6.07) is 2.20. The number of hydrogen-bond acceptors (Lipinski definition) is 6. The zero-order valence-electron chi connectivity index (χ0n) is 12.7. The van der Waals surface area contributed by atoms with Crippen LogP contribution < -0.4 is 21.3 Å². The largest absolute Gasteiger partial charge is 0.370 e. The lowest BCUT2D eigenvalue weighted by atomic mass is 10.1. The van der Waals surface area contributed by atoms with Gasteiger partial charge in [0.05, 0.1) is 0 Å². The average Bonchev–Trinajstić information content (AvgIpc) is 2.44. The molecule has 4 N–H and O–H groups in total. The first kappa shape index (κ1) is 15.3. The van der Waals surface area contributed by atoms with E-state index in [0.717, 1.165) is 50.5 Å². The molecule has 1 aromatic rings. The highest BCUT2D eigenvalue weighted by Gasteiger charge is 2.21. The molecule has 2 rings (SSSR count). The summed E-state index contributed by atoms with van der Waals surface area (Å²) in [5, 5.41) is 6.20. The quantitative estimate of drug-likeness (QED) is 0.749. The zero-order chi connectivity index (χ0) is 15.2. The standard InChI is InChI=1S/C14H24N6O/c1-3-6-16-12-9-13(19-14(15)18-12)20-7-4-11(5-8-20)17-10(2)21/h9,11H,3-8H2,1-2H3,(H,17,21)(H3,15,16,18,19). The van der Waals surface area contributed by atoms with Crippen molar-refractivity contribution in [3.05, 3.63) is 6.07 Å². The Kier molecular flexibility index (Phi) is 5.19. The number of piperidine rings is 1. The number of carbonyl (C=O) groups excluding carboxylic acids is 1. The van der Waals surface area contributed by atoms with Crippen LogP contribution in [0.4, 0.5) is 17.6 Å². The van der Waals surface area contributed by atoms with Crippen LogP contribution >= 0.6 is 0 Å². The van der Waals surface area contributed by atoms with Gasteiger partial charge in [-0.15, -0.1) is 0 Å². The van der Waals surface area contributed by atoms with E-state index in [9.17, 15) is 4.79 Å². The molecule has 7 heteroatoms. The van der Waals surface area contributed by atoms with Gasteiger partial charge >= 0.3 is 0 Å². The highest BCUT2D eigenvalue weighted by Crippen LogP contribution is 2.21. The fourth-order valence-corrected chi connectivity index (χ4v) is 2.50. The summed E-state index contributed by atoms with van der Waals surface area (Å²) in [4.78, 5) is 21.8. The monoisotopic (exact) mass is 292 g/mol. The molecule has 0 radical (unpaired) electrons. The van der Waals surface area contributed by atoms with E-state index in [1.54, 1.807) is 6.92 Å². The first-order valence-electron chi connectivity index (χ1n) is 7.49. The number of nitrogen functional groups attached to an aromatic ring is 1. The van der Waals surface area contributed by atoms with Crippen molar-refractivity contribution < 1.29 is 4.79 Å². The Bertz CT molecular complexity index is 484. The maximum absolute atomic E-state index is 11.1. The van der Waals surface area contributed by atoms with Gasteiger partial charge in [-0.05, 0) is 19.3 Å². The van der Waals surface area contributed by atoms with Crippen molar-refractivity contribution in [1.82, 2.24) is 15.3 Å². The number of anilines is 3. The molecule has 1 fully saturated rings. The molecule has 1 amide bonds. The molecule has 0 aromatic carbocycles. The normalized spacial score (nSPS) is 15.8. The van der Waals surface area contributed by atoms with E-state index in [2.05, 4.69) is 32.4 Å². The number of amides is 1. The molecular weight excluding hydrogens is 268 g/mol. The van der Waals surface area contributed by atoms with Gasteiger partial charge in [-0.25, -0.2) is 0 Å². The molecule has 116 valence electrons. The van der Waals surface area contributed by atoms with Crippen LogP contribution in [0.5, 0.6) is 0 Å². The molecular formula is C14H24N6O. The molecule has 2 heterocycles. The summed E-state index contributed by atoms with van der Waals surface area (Å²) in [6.45, 7) is 6.23. The Morgan fingerprint density at radius 1 is 1.43 bits per heavy atom. The minimum absolute atomic E-state index is 0.0331. The molecule has 0 atom stereocenters. The van der Waals surface area contributed by atoms with Crippen molar-refractivity contribution in [2.75, 3.05) is 35.6 Å². The number of nitrogens with one attached hydrogen (secondary N) is 2. The SMILES string of the molecule is CCCNc1cc(N2CCC(NC(C)=O)CC2)nc(N)n1. The van der Waals surface area contributed by atoms with Gasteiger partial charge in [0.1, 0.15) is 11.6 Å². The van der Waals surface area contributed by atoms with E-state index in [4.69, 9.17) is 5.73 Å². The number of carbonyl (C=O) groups is 1. The first-order chi connectivity index (χ1) is 10.1. The summed E-state index contributed by atoms with van der Waals surface area (Å²) in [7, 11) is 0. The van der Waals surface area contributed by atoms with E-state index < -0.39 is 0 Å². The lowest BCUT2D eigenvalue weighted by Crippen LogP contribution is -2.44. The van der Waals surface area contributed by atoms with E-state index >= 15 is 0 Å². The molecule has 21 heavy (non-hydrogen) atoms. The van der Waals surface area contributed by atoms with Crippen molar-refractivity contribution in [2.24, 2.45) is 0 Å². The van der Waals surface area contributed by atoms with E-state index in [1.807, 2.05) is 6.07 Å². The second-order valence-corrected chi connectivity index (χ2v) is 5.36. The number of aromatic nitrogens is 2. The summed E-state index contributed by atoms with van der Waals surface area (Å²) in [6.07, 6.45) is 2.86. The second-order valence-electron chi connectivity index (χ2n) is 5.36. The lowest BCUT2D eigenvalue weighted by molar-refractivity contribution is -0.119. The molecule has 1 saturated heterocycles. The van der Waals surface area contributed by atoms with Crippen molar-refractivity contribution in [2.45, 2.75) is 39.2 Å². The zero-order valence-corrected chi connectivity index (χ0v) is 12.7. The van der Waals surface area contributed by atoms with Gasteiger partial charge in [0.2, 0.25) is 11.9 Å². The van der Waals surface area contributed by atoms with Crippen LogP contribution in [0, 0.1) is 0 Å². The summed E-state index contributed by atoms with van der Waals surface area (Å²) in [5.41, 5.74) is 5.79. The minimum atomic E-state index is 0.0331. The van der Waals surface area contributed by atoms with Gasteiger partial charge in [0.15, 0.2) is 0 Å². The van der Waals surface area contributed by atoms with Crippen LogP contribution in [-0.4, -0.2) is 41.6 Å². The lowest BCUT2D eigenvalue weighted by Gasteiger charge is -2.33. The second kappa shape index (κ2) is 7.10. The molecule has 0 saturated carbocycles. The van der Waals surface area contributed by atoms with E-state index in [-0.39, 0.29) is 17.9 Å². The molecule has 1 aliphatic rings. The predicted molar refractivity (Wildman–Crippen MR) is 84.3 cm³/mol. The van der Waals surface area contributed by atoms with Crippen LogP contribution in [0.25, 0.3) is 0 Å². The molecule has 0 aliphatic carbocycles. The van der Waals surface area contributed by atoms with Crippen molar-refractivity contribution >= 4 is 23.5 Å². The average molecular weight is 292 g/mol. The van der Waals surface area contributed by atoms with Crippen LogP contribution in [0.1, 0.15) is 33.1 Å². The van der Waals surface area contributed by atoms with Crippen LogP contribution in [-0.2, 0) is 4.79 Å². The van der Waals surface area contributed by atoms with Gasteiger partial charge < -0.3 is 21.3 Å². The Balaban J connectivity index is 1.99. The smallest absolute Gasteiger partial charge is 0.223 e. The summed E-state index contributed by atoms with van der Waals surface area (Å²) >= 11 is 0. The third-order valence-electron chi connectivity index (χ3n) is 3.51.